The van der Waals surface area contributed by atoms with E-state index in [0.717, 1.165) is 17.9 Å². The number of benzene rings is 2. The predicted molar refractivity (Wildman–Crippen MR) is 85.4 cm³/mol. The molecule has 0 aliphatic heterocycles. The molecule has 21 heavy (non-hydrogen) atoms. The van der Waals surface area contributed by atoms with E-state index in [9.17, 15) is 4.79 Å². The molecule has 1 amide bonds. The lowest BCUT2D eigenvalue weighted by molar-refractivity contribution is -0.117. The van der Waals surface area contributed by atoms with E-state index >= 15 is 0 Å². The fourth-order valence-electron chi connectivity index (χ4n) is 2.05. The topological polar surface area (TPSA) is 38.3 Å². The minimum absolute atomic E-state index is 0.0495. The molecule has 0 aliphatic rings. The Hall–Kier alpha value is -2.29. The predicted octanol–water partition coefficient (Wildman–Crippen LogP) is 4.12. The highest BCUT2D eigenvalue weighted by Gasteiger charge is 2.09. The molecule has 0 aliphatic carbocycles. The Morgan fingerprint density at radius 3 is 2.33 bits per heavy atom. The van der Waals surface area contributed by atoms with E-state index in [2.05, 4.69) is 12.2 Å². The molecule has 2 aromatic carbocycles. The van der Waals surface area contributed by atoms with Crippen molar-refractivity contribution in [2.45, 2.75) is 19.8 Å². The normalized spacial score (nSPS) is 11.7. The van der Waals surface area contributed by atoms with Crippen molar-refractivity contribution in [2.24, 2.45) is 5.92 Å². The minimum Gasteiger partial charge on any atom is -0.494 e. The van der Waals surface area contributed by atoms with Crippen LogP contribution in [0.3, 0.4) is 0 Å². The summed E-state index contributed by atoms with van der Waals surface area (Å²) in [7, 11) is 0. The number of hydrogen-bond acceptors (Lipinski definition) is 2. The first-order valence-electron chi connectivity index (χ1n) is 7.27. The molecule has 1 N–H and O–H groups in total. The number of rotatable bonds is 7. The van der Waals surface area contributed by atoms with Crippen molar-refractivity contribution < 1.29 is 9.53 Å². The van der Waals surface area contributed by atoms with Gasteiger partial charge in [0.1, 0.15) is 5.75 Å². The molecule has 1 unspecified atom stereocenters. The number of amides is 1. The van der Waals surface area contributed by atoms with Gasteiger partial charge in [0.2, 0.25) is 5.91 Å². The zero-order valence-corrected chi connectivity index (χ0v) is 12.3. The van der Waals surface area contributed by atoms with Gasteiger partial charge in [-0.2, -0.15) is 0 Å². The van der Waals surface area contributed by atoms with E-state index in [4.69, 9.17) is 4.74 Å². The Morgan fingerprint density at radius 1 is 1.05 bits per heavy atom. The number of carbonyl (C=O) groups is 1. The van der Waals surface area contributed by atoms with Crippen LogP contribution in [0.15, 0.2) is 60.7 Å². The Bertz CT molecular complexity index is 540. The summed E-state index contributed by atoms with van der Waals surface area (Å²) in [6.45, 7) is 2.70. The van der Waals surface area contributed by atoms with Crippen molar-refractivity contribution in [2.75, 3.05) is 11.9 Å². The minimum atomic E-state index is 0.0495. The first-order valence-corrected chi connectivity index (χ1v) is 7.27. The lowest BCUT2D eigenvalue weighted by Gasteiger charge is -2.12. The largest absolute Gasteiger partial charge is 0.494 e. The Kier molecular flexibility index (Phi) is 5.83. The molecule has 3 heteroatoms. The maximum absolute atomic E-state index is 11.9. The Morgan fingerprint density at radius 2 is 1.67 bits per heavy atom. The Labute approximate surface area is 126 Å². The van der Waals surface area contributed by atoms with E-state index in [1.54, 1.807) is 0 Å². The van der Waals surface area contributed by atoms with Crippen molar-refractivity contribution in [3.8, 4) is 5.75 Å². The molecule has 3 nitrogen and oxygen atoms in total. The van der Waals surface area contributed by atoms with Crippen LogP contribution < -0.4 is 10.1 Å². The van der Waals surface area contributed by atoms with Crippen molar-refractivity contribution in [3.63, 3.8) is 0 Å². The fourth-order valence-corrected chi connectivity index (χ4v) is 2.05. The smallest absolute Gasteiger partial charge is 0.224 e. The number of hydrogen-bond donors (Lipinski definition) is 1. The second-order valence-corrected chi connectivity index (χ2v) is 5.17. The summed E-state index contributed by atoms with van der Waals surface area (Å²) in [5.74, 6) is 1.21. The van der Waals surface area contributed by atoms with Crippen LogP contribution in [0.1, 0.15) is 19.8 Å². The average Bonchev–Trinajstić information content (AvgIpc) is 2.49. The summed E-state index contributed by atoms with van der Waals surface area (Å²) < 4.78 is 5.64. The van der Waals surface area contributed by atoms with Gasteiger partial charge in [-0.05, 0) is 36.6 Å². The molecular formula is C18H21NO2. The van der Waals surface area contributed by atoms with Crippen molar-refractivity contribution >= 4 is 11.6 Å². The number of anilines is 1. The van der Waals surface area contributed by atoms with Crippen molar-refractivity contribution in [3.05, 3.63) is 60.7 Å². The maximum Gasteiger partial charge on any atom is 0.224 e. The van der Waals surface area contributed by atoms with Crippen molar-refractivity contribution in [1.82, 2.24) is 0 Å². The molecule has 0 spiro atoms. The quantitative estimate of drug-likeness (QED) is 0.830. The molecule has 110 valence electrons. The monoisotopic (exact) mass is 283 g/mol. The molecular weight excluding hydrogens is 262 g/mol. The van der Waals surface area contributed by atoms with Crippen LogP contribution in [0, 0.1) is 5.92 Å². The molecule has 0 aromatic heterocycles. The summed E-state index contributed by atoms with van der Waals surface area (Å²) in [5, 5.41) is 2.90. The molecule has 2 aromatic rings. The lowest BCUT2D eigenvalue weighted by atomic mass is 10.0. The fraction of sp³-hybridized carbons (Fsp3) is 0.278. The Balaban J connectivity index is 1.67. The second kappa shape index (κ2) is 8.10. The van der Waals surface area contributed by atoms with E-state index < -0.39 is 0 Å². The van der Waals surface area contributed by atoms with Gasteiger partial charge >= 0.3 is 0 Å². The SMILES string of the molecule is CC(CCOc1ccccc1)CC(=O)Nc1ccccc1. The molecule has 2 rings (SSSR count). The summed E-state index contributed by atoms with van der Waals surface area (Å²) in [6.07, 6.45) is 1.37. The highest BCUT2D eigenvalue weighted by Crippen LogP contribution is 2.13. The highest BCUT2D eigenvalue weighted by molar-refractivity contribution is 5.90. The van der Waals surface area contributed by atoms with Crippen LogP contribution in [0.4, 0.5) is 5.69 Å². The van der Waals surface area contributed by atoms with Gasteiger partial charge < -0.3 is 10.1 Å². The van der Waals surface area contributed by atoms with Gasteiger partial charge in [-0.1, -0.05) is 43.3 Å². The van der Waals surface area contributed by atoms with Crippen LogP contribution in [0.25, 0.3) is 0 Å². The van der Waals surface area contributed by atoms with Crippen LogP contribution in [-0.2, 0) is 4.79 Å². The summed E-state index contributed by atoms with van der Waals surface area (Å²) >= 11 is 0. The molecule has 0 radical (unpaired) electrons. The third-order valence-corrected chi connectivity index (χ3v) is 3.21. The first-order chi connectivity index (χ1) is 10.2. The van der Waals surface area contributed by atoms with E-state index in [1.807, 2.05) is 60.7 Å². The maximum atomic E-state index is 11.9. The standard InChI is InChI=1S/C18H21NO2/c1-15(12-13-21-17-10-6-3-7-11-17)14-18(20)19-16-8-4-2-5-9-16/h2-11,15H,12-14H2,1H3,(H,19,20). The van der Waals surface area contributed by atoms with Crippen LogP contribution >= 0.6 is 0 Å². The van der Waals surface area contributed by atoms with Crippen LogP contribution in [-0.4, -0.2) is 12.5 Å². The van der Waals surface area contributed by atoms with Gasteiger partial charge in [0.15, 0.2) is 0 Å². The van der Waals surface area contributed by atoms with Gasteiger partial charge in [-0.15, -0.1) is 0 Å². The van der Waals surface area contributed by atoms with Gasteiger partial charge in [0.05, 0.1) is 6.61 Å². The molecule has 0 fully saturated rings. The van der Waals surface area contributed by atoms with E-state index in [1.165, 1.54) is 0 Å². The van der Waals surface area contributed by atoms with Gasteiger partial charge in [0.25, 0.3) is 0 Å². The number of nitrogens with one attached hydrogen (secondary N) is 1. The molecule has 0 heterocycles. The van der Waals surface area contributed by atoms with E-state index in [0.29, 0.717) is 13.0 Å². The summed E-state index contributed by atoms with van der Waals surface area (Å²) in [4.78, 5) is 11.9. The third kappa shape index (κ3) is 5.69. The highest BCUT2D eigenvalue weighted by atomic mass is 16.5. The molecule has 0 saturated carbocycles. The molecule has 0 bridgehead atoms. The van der Waals surface area contributed by atoms with Crippen LogP contribution in [0.2, 0.25) is 0 Å². The molecule has 0 saturated heterocycles. The lowest BCUT2D eigenvalue weighted by Crippen LogP contribution is -2.16. The first kappa shape index (κ1) is 15.1. The van der Waals surface area contributed by atoms with E-state index in [-0.39, 0.29) is 11.8 Å². The van der Waals surface area contributed by atoms with Gasteiger partial charge in [0, 0.05) is 12.1 Å². The summed E-state index contributed by atoms with van der Waals surface area (Å²) in [5.41, 5.74) is 0.843. The number of carbonyl (C=O) groups excluding carboxylic acids is 1. The zero-order valence-electron chi connectivity index (χ0n) is 12.3. The second-order valence-electron chi connectivity index (χ2n) is 5.17. The molecule has 1 atom stereocenters. The van der Waals surface area contributed by atoms with Crippen molar-refractivity contribution in [1.29, 1.82) is 0 Å². The average molecular weight is 283 g/mol. The van der Waals surface area contributed by atoms with Crippen LogP contribution in [0.5, 0.6) is 5.75 Å². The summed E-state index contributed by atoms with van der Waals surface area (Å²) in [6, 6.07) is 19.3. The number of para-hydroxylation sites is 2. The zero-order chi connectivity index (χ0) is 14.9. The number of ether oxygens (including phenoxy) is 1. The van der Waals surface area contributed by atoms with Gasteiger partial charge in [-0.25, -0.2) is 0 Å². The third-order valence-electron chi connectivity index (χ3n) is 3.21. The van der Waals surface area contributed by atoms with Gasteiger partial charge in [-0.3, -0.25) is 4.79 Å².